The predicted octanol–water partition coefficient (Wildman–Crippen LogP) is 2.69. The van der Waals surface area contributed by atoms with Gasteiger partial charge < -0.3 is 10.1 Å². The molecule has 0 atom stereocenters. The lowest BCUT2D eigenvalue weighted by molar-refractivity contribution is 0.185. The first kappa shape index (κ1) is 15.9. The van der Waals surface area contributed by atoms with E-state index in [-0.39, 0.29) is 5.54 Å². The molecule has 0 unspecified atom stereocenters. The molecule has 0 spiro atoms. The molecule has 0 amide bonds. The first-order valence-electron chi connectivity index (χ1n) is 8.37. The van der Waals surface area contributed by atoms with Crippen LogP contribution in [0.15, 0.2) is 24.3 Å². The summed E-state index contributed by atoms with van der Waals surface area (Å²) in [4.78, 5) is 0. The molecule has 3 rings (SSSR count). The third kappa shape index (κ3) is 3.08. The highest BCUT2D eigenvalue weighted by atomic mass is 16.5. The Labute approximate surface area is 137 Å². The van der Waals surface area contributed by atoms with Gasteiger partial charge in [0.05, 0.1) is 18.3 Å². The average Bonchev–Trinajstić information content (AvgIpc) is 3.08. The molecular weight excluding hydrogens is 290 g/mol. The lowest BCUT2D eigenvalue weighted by Gasteiger charge is -2.38. The minimum Gasteiger partial charge on any atom is -0.497 e. The number of benzene rings is 1. The van der Waals surface area contributed by atoms with Crippen molar-refractivity contribution in [1.82, 2.24) is 25.5 Å². The zero-order valence-electron chi connectivity index (χ0n) is 14.1. The Bertz CT molecular complexity index is 629. The molecule has 2 aromatic rings. The molecule has 1 heterocycles. The number of ether oxygens (including phenoxy) is 1. The van der Waals surface area contributed by atoms with Crippen molar-refractivity contribution in [3.63, 3.8) is 0 Å². The minimum atomic E-state index is -0.134. The highest BCUT2D eigenvalue weighted by Gasteiger charge is 2.39. The minimum absolute atomic E-state index is 0.134. The lowest BCUT2D eigenvalue weighted by atomic mass is 9.76. The maximum absolute atomic E-state index is 5.23. The van der Waals surface area contributed by atoms with Gasteiger partial charge in [-0.25, -0.2) is 0 Å². The summed E-state index contributed by atoms with van der Waals surface area (Å²) in [6.07, 6.45) is 4.53. The van der Waals surface area contributed by atoms with Crippen molar-refractivity contribution in [2.24, 2.45) is 5.92 Å². The number of nitrogens with one attached hydrogen (secondary N) is 1. The Morgan fingerprint density at radius 1 is 1.26 bits per heavy atom. The van der Waals surface area contributed by atoms with E-state index in [1.165, 1.54) is 12.8 Å². The van der Waals surface area contributed by atoms with Gasteiger partial charge >= 0.3 is 0 Å². The van der Waals surface area contributed by atoms with E-state index in [2.05, 4.69) is 34.7 Å². The van der Waals surface area contributed by atoms with Crippen LogP contribution in [-0.4, -0.2) is 33.9 Å². The van der Waals surface area contributed by atoms with Gasteiger partial charge in [0.15, 0.2) is 5.82 Å². The molecule has 1 aliphatic carbocycles. The lowest BCUT2D eigenvalue weighted by Crippen LogP contribution is -2.47. The smallest absolute Gasteiger partial charge is 0.176 e. The Morgan fingerprint density at radius 2 is 1.96 bits per heavy atom. The molecule has 124 valence electrons. The summed E-state index contributed by atoms with van der Waals surface area (Å²) in [5.74, 6) is 2.51. The Morgan fingerprint density at radius 3 is 2.57 bits per heavy atom. The molecule has 1 aromatic heterocycles. The van der Waals surface area contributed by atoms with Crippen molar-refractivity contribution < 1.29 is 4.74 Å². The summed E-state index contributed by atoms with van der Waals surface area (Å²) in [6.45, 7) is 5.37. The maximum Gasteiger partial charge on any atom is 0.176 e. The van der Waals surface area contributed by atoms with Crippen molar-refractivity contribution in [2.75, 3.05) is 13.7 Å². The summed E-state index contributed by atoms with van der Waals surface area (Å²) < 4.78 is 7.09. The monoisotopic (exact) mass is 315 g/mol. The fraction of sp³-hybridized carbons (Fsp3) is 0.588. The van der Waals surface area contributed by atoms with E-state index in [9.17, 15) is 0 Å². The van der Waals surface area contributed by atoms with Crippen molar-refractivity contribution in [1.29, 1.82) is 0 Å². The second-order valence-electron chi connectivity index (χ2n) is 6.41. The standard InChI is InChI=1S/C17H25N5O/c1-4-18-17(11-9-13(2)10-12-17)16-19-20-21-22(16)14-5-7-15(23-3)8-6-14/h5-8,13,18H,4,9-12H2,1-3H3. The average molecular weight is 315 g/mol. The molecule has 0 saturated heterocycles. The summed E-state index contributed by atoms with van der Waals surface area (Å²) in [5, 5.41) is 16.2. The van der Waals surface area contributed by atoms with Crippen molar-refractivity contribution >= 4 is 0 Å². The number of aromatic nitrogens is 4. The van der Waals surface area contributed by atoms with Gasteiger partial charge in [0.25, 0.3) is 0 Å². The van der Waals surface area contributed by atoms with Crippen LogP contribution in [0.2, 0.25) is 0 Å². The Kier molecular flexibility index (Phi) is 4.61. The second kappa shape index (κ2) is 6.66. The molecule has 1 N–H and O–H groups in total. The summed E-state index contributed by atoms with van der Waals surface area (Å²) in [7, 11) is 1.67. The van der Waals surface area contributed by atoms with Gasteiger partial charge in [0.2, 0.25) is 0 Å². The molecule has 6 heteroatoms. The van der Waals surface area contributed by atoms with E-state index in [4.69, 9.17) is 4.74 Å². The van der Waals surface area contributed by atoms with E-state index < -0.39 is 0 Å². The van der Waals surface area contributed by atoms with Crippen molar-refractivity contribution in [3.8, 4) is 11.4 Å². The van der Waals surface area contributed by atoms with Crippen LogP contribution in [0.25, 0.3) is 5.69 Å². The third-order valence-corrected chi connectivity index (χ3v) is 4.86. The topological polar surface area (TPSA) is 64.9 Å². The summed E-state index contributed by atoms with van der Waals surface area (Å²) in [5.41, 5.74) is 0.826. The number of hydrogen-bond donors (Lipinski definition) is 1. The second-order valence-corrected chi connectivity index (χ2v) is 6.41. The third-order valence-electron chi connectivity index (χ3n) is 4.86. The molecule has 0 aliphatic heterocycles. The van der Waals surface area contributed by atoms with Crippen LogP contribution < -0.4 is 10.1 Å². The number of methoxy groups -OCH3 is 1. The van der Waals surface area contributed by atoms with Crippen LogP contribution in [0, 0.1) is 5.92 Å². The van der Waals surface area contributed by atoms with E-state index >= 15 is 0 Å². The molecule has 1 aliphatic rings. The molecule has 1 saturated carbocycles. The van der Waals surface area contributed by atoms with Crippen LogP contribution in [0.3, 0.4) is 0 Å². The van der Waals surface area contributed by atoms with E-state index in [1.54, 1.807) is 7.11 Å². The van der Waals surface area contributed by atoms with Crippen molar-refractivity contribution in [2.45, 2.75) is 45.1 Å². The van der Waals surface area contributed by atoms with Crippen LogP contribution in [0.4, 0.5) is 0 Å². The first-order valence-corrected chi connectivity index (χ1v) is 8.37. The van der Waals surface area contributed by atoms with Crippen LogP contribution in [0.5, 0.6) is 5.75 Å². The maximum atomic E-state index is 5.23. The fourth-order valence-electron chi connectivity index (χ4n) is 3.46. The van der Waals surface area contributed by atoms with Gasteiger partial charge in [0, 0.05) is 0 Å². The number of tetrazole rings is 1. The Balaban J connectivity index is 1.97. The Hall–Kier alpha value is -1.95. The normalized spacial score (nSPS) is 24.6. The SMILES string of the molecule is CCNC1(c2nnnn2-c2ccc(OC)cc2)CCC(C)CC1. The van der Waals surface area contributed by atoms with Gasteiger partial charge in [-0.2, -0.15) is 4.68 Å². The van der Waals surface area contributed by atoms with Gasteiger partial charge in [-0.15, -0.1) is 5.10 Å². The zero-order chi connectivity index (χ0) is 16.3. The van der Waals surface area contributed by atoms with E-state index in [1.807, 2.05) is 28.9 Å². The van der Waals surface area contributed by atoms with Gasteiger partial charge in [-0.3, -0.25) is 0 Å². The fourth-order valence-corrected chi connectivity index (χ4v) is 3.46. The van der Waals surface area contributed by atoms with Crippen LogP contribution in [0.1, 0.15) is 45.4 Å². The molecule has 23 heavy (non-hydrogen) atoms. The zero-order valence-corrected chi connectivity index (χ0v) is 14.1. The highest BCUT2D eigenvalue weighted by molar-refractivity contribution is 5.37. The van der Waals surface area contributed by atoms with Crippen molar-refractivity contribution in [3.05, 3.63) is 30.1 Å². The van der Waals surface area contributed by atoms with E-state index in [0.29, 0.717) is 0 Å². The predicted molar refractivity (Wildman–Crippen MR) is 88.7 cm³/mol. The molecule has 6 nitrogen and oxygen atoms in total. The largest absolute Gasteiger partial charge is 0.497 e. The van der Waals surface area contributed by atoms with E-state index in [0.717, 1.165) is 42.6 Å². The molecule has 1 fully saturated rings. The van der Waals surface area contributed by atoms with Gasteiger partial charge in [0.1, 0.15) is 5.75 Å². The summed E-state index contributed by atoms with van der Waals surface area (Å²) in [6, 6.07) is 7.85. The quantitative estimate of drug-likeness (QED) is 0.919. The van der Waals surface area contributed by atoms with Crippen LogP contribution >= 0.6 is 0 Å². The van der Waals surface area contributed by atoms with Gasteiger partial charge in [-0.05, 0) is 72.8 Å². The van der Waals surface area contributed by atoms with Crippen LogP contribution in [-0.2, 0) is 5.54 Å². The number of hydrogen-bond acceptors (Lipinski definition) is 5. The molecule has 1 aromatic carbocycles. The first-order chi connectivity index (χ1) is 11.2. The molecule has 0 radical (unpaired) electrons. The number of rotatable bonds is 5. The van der Waals surface area contributed by atoms with Gasteiger partial charge in [-0.1, -0.05) is 13.8 Å². The highest BCUT2D eigenvalue weighted by Crippen LogP contribution is 2.38. The number of nitrogens with zero attached hydrogens (tertiary/aromatic N) is 4. The molecule has 0 bridgehead atoms. The molecular formula is C17H25N5O. The summed E-state index contributed by atoms with van der Waals surface area (Å²) >= 11 is 0.